The lowest BCUT2D eigenvalue weighted by molar-refractivity contribution is 0.163. The predicted octanol–water partition coefficient (Wildman–Crippen LogP) is 3.29. The van der Waals surface area contributed by atoms with Gasteiger partial charge < -0.3 is 4.74 Å². The molecule has 5 heteroatoms. The molecule has 1 atom stereocenters. The Bertz CT molecular complexity index is 689. The minimum atomic E-state index is 0.660. The van der Waals surface area contributed by atoms with Gasteiger partial charge in [-0.1, -0.05) is 0 Å². The summed E-state index contributed by atoms with van der Waals surface area (Å²) in [6, 6.07) is 6.55. The third kappa shape index (κ3) is 4.82. The molecule has 1 fully saturated rings. The molecule has 0 aliphatic carbocycles. The lowest BCUT2D eigenvalue weighted by Crippen LogP contribution is -2.36. The quantitative estimate of drug-likeness (QED) is 0.808. The predicted molar refractivity (Wildman–Crippen MR) is 99.8 cm³/mol. The number of hydrogen-bond acceptors (Lipinski definition) is 4. The Morgan fingerprint density at radius 2 is 1.96 bits per heavy atom. The topological polar surface area (TPSA) is 43.2 Å². The van der Waals surface area contributed by atoms with E-state index in [-0.39, 0.29) is 0 Å². The van der Waals surface area contributed by atoms with Crippen molar-refractivity contribution in [3.8, 4) is 5.88 Å². The number of nitrogens with zero attached hydrogens (tertiary/aromatic N) is 4. The minimum absolute atomic E-state index is 0.660. The van der Waals surface area contributed by atoms with Gasteiger partial charge in [-0.25, -0.2) is 0 Å². The summed E-state index contributed by atoms with van der Waals surface area (Å²) in [6.07, 6.45) is 3.73. The van der Waals surface area contributed by atoms with E-state index < -0.39 is 0 Å². The van der Waals surface area contributed by atoms with Crippen LogP contribution < -0.4 is 4.74 Å². The number of aryl methyl sites for hydroxylation is 3. The maximum Gasteiger partial charge on any atom is 0.233 e. The maximum atomic E-state index is 5.52. The SMILES string of the molecule is CCOc1cc(CN2CCC[C@H](Cc3cc(C)nc(C)c3)C2)n(C)n1. The van der Waals surface area contributed by atoms with Crippen LogP contribution in [0.3, 0.4) is 0 Å². The number of rotatable bonds is 6. The Morgan fingerprint density at radius 1 is 1.20 bits per heavy atom. The van der Waals surface area contributed by atoms with Gasteiger partial charge in [0.1, 0.15) is 0 Å². The zero-order valence-corrected chi connectivity index (χ0v) is 16.0. The lowest BCUT2D eigenvalue weighted by Gasteiger charge is -2.32. The van der Waals surface area contributed by atoms with Crippen LogP contribution in [0.2, 0.25) is 0 Å². The Balaban J connectivity index is 1.61. The second-order valence-electron chi connectivity index (χ2n) is 7.24. The van der Waals surface area contributed by atoms with Gasteiger partial charge in [-0.2, -0.15) is 0 Å². The molecular formula is C20H30N4O. The number of pyridine rings is 1. The van der Waals surface area contributed by atoms with E-state index in [2.05, 4.69) is 47.0 Å². The zero-order chi connectivity index (χ0) is 17.8. The van der Waals surface area contributed by atoms with Gasteiger partial charge in [-0.3, -0.25) is 14.6 Å². The molecule has 2 aromatic rings. The molecule has 136 valence electrons. The molecule has 0 aromatic carbocycles. The molecule has 0 amide bonds. The molecule has 3 heterocycles. The summed E-state index contributed by atoms with van der Waals surface area (Å²) >= 11 is 0. The van der Waals surface area contributed by atoms with Crippen LogP contribution in [0, 0.1) is 19.8 Å². The van der Waals surface area contributed by atoms with E-state index in [1.807, 2.05) is 18.7 Å². The monoisotopic (exact) mass is 342 g/mol. The van der Waals surface area contributed by atoms with Crippen molar-refractivity contribution in [3.05, 3.63) is 40.8 Å². The molecule has 3 rings (SSSR count). The van der Waals surface area contributed by atoms with Crippen LogP contribution in [0.15, 0.2) is 18.2 Å². The average Bonchev–Trinajstić information content (AvgIpc) is 2.86. The highest BCUT2D eigenvalue weighted by atomic mass is 16.5. The van der Waals surface area contributed by atoms with Crippen molar-refractivity contribution in [2.75, 3.05) is 19.7 Å². The third-order valence-corrected chi connectivity index (χ3v) is 4.90. The van der Waals surface area contributed by atoms with E-state index >= 15 is 0 Å². The first-order valence-corrected chi connectivity index (χ1v) is 9.35. The molecule has 0 saturated carbocycles. The van der Waals surface area contributed by atoms with E-state index in [9.17, 15) is 0 Å². The van der Waals surface area contributed by atoms with Gasteiger partial charge >= 0.3 is 0 Å². The number of hydrogen-bond donors (Lipinski definition) is 0. The summed E-state index contributed by atoms with van der Waals surface area (Å²) in [5.41, 5.74) is 4.90. The number of ether oxygens (including phenoxy) is 1. The smallest absolute Gasteiger partial charge is 0.233 e. The fraction of sp³-hybridized carbons (Fsp3) is 0.600. The molecule has 0 bridgehead atoms. The highest BCUT2D eigenvalue weighted by Crippen LogP contribution is 2.23. The van der Waals surface area contributed by atoms with Crippen molar-refractivity contribution < 1.29 is 4.74 Å². The summed E-state index contributed by atoms with van der Waals surface area (Å²) in [4.78, 5) is 7.05. The molecular weight excluding hydrogens is 312 g/mol. The number of piperidine rings is 1. The van der Waals surface area contributed by atoms with Gasteiger partial charge in [0.25, 0.3) is 0 Å². The van der Waals surface area contributed by atoms with Gasteiger partial charge in [0.15, 0.2) is 0 Å². The Hall–Kier alpha value is -1.88. The van der Waals surface area contributed by atoms with Crippen molar-refractivity contribution in [2.45, 2.75) is 46.6 Å². The van der Waals surface area contributed by atoms with Crippen LogP contribution in [-0.2, 0) is 20.0 Å². The van der Waals surface area contributed by atoms with Gasteiger partial charge in [-0.15, -0.1) is 5.10 Å². The summed E-state index contributed by atoms with van der Waals surface area (Å²) < 4.78 is 7.47. The van der Waals surface area contributed by atoms with E-state index in [0.717, 1.165) is 42.7 Å². The van der Waals surface area contributed by atoms with Crippen LogP contribution in [0.4, 0.5) is 0 Å². The van der Waals surface area contributed by atoms with E-state index in [1.165, 1.54) is 30.6 Å². The molecule has 0 unspecified atom stereocenters. The van der Waals surface area contributed by atoms with Crippen LogP contribution in [0.25, 0.3) is 0 Å². The molecule has 2 aromatic heterocycles. The lowest BCUT2D eigenvalue weighted by atomic mass is 9.91. The van der Waals surface area contributed by atoms with Gasteiger partial charge in [0.2, 0.25) is 5.88 Å². The van der Waals surface area contributed by atoms with E-state index in [4.69, 9.17) is 4.74 Å². The molecule has 1 saturated heterocycles. The van der Waals surface area contributed by atoms with Crippen LogP contribution >= 0.6 is 0 Å². The number of aromatic nitrogens is 3. The number of likely N-dealkylation sites (tertiary alicyclic amines) is 1. The first kappa shape index (κ1) is 17.9. The molecule has 0 spiro atoms. The van der Waals surface area contributed by atoms with E-state index in [1.54, 1.807) is 0 Å². The van der Waals surface area contributed by atoms with Crippen molar-refractivity contribution in [2.24, 2.45) is 13.0 Å². The Morgan fingerprint density at radius 3 is 2.68 bits per heavy atom. The molecule has 1 aliphatic heterocycles. The van der Waals surface area contributed by atoms with Crippen molar-refractivity contribution in [3.63, 3.8) is 0 Å². The van der Waals surface area contributed by atoms with Crippen LogP contribution in [0.1, 0.15) is 42.4 Å². The normalized spacial score (nSPS) is 18.5. The van der Waals surface area contributed by atoms with Crippen molar-refractivity contribution >= 4 is 0 Å². The molecule has 0 N–H and O–H groups in total. The fourth-order valence-electron chi connectivity index (χ4n) is 3.91. The highest BCUT2D eigenvalue weighted by molar-refractivity contribution is 5.21. The maximum absolute atomic E-state index is 5.52. The zero-order valence-electron chi connectivity index (χ0n) is 16.0. The summed E-state index contributed by atoms with van der Waals surface area (Å²) in [6.45, 7) is 10.1. The Labute approximate surface area is 151 Å². The van der Waals surface area contributed by atoms with Crippen LogP contribution in [-0.4, -0.2) is 39.4 Å². The van der Waals surface area contributed by atoms with Gasteiger partial charge in [0, 0.05) is 37.6 Å². The fourth-order valence-corrected chi connectivity index (χ4v) is 3.91. The summed E-state index contributed by atoms with van der Waals surface area (Å²) in [5, 5.41) is 4.43. The van der Waals surface area contributed by atoms with Crippen molar-refractivity contribution in [1.82, 2.24) is 19.7 Å². The van der Waals surface area contributed by atoms with E-state index in [0.29, 0.717) is 6.61 Å². The first-order valence-electron chi connectivity index (χ1n) is 9.35. The van der Waals surface area contributed by atoms with Crippen LogP contribution in [0.5, 0.6) is 5.88 Å². The van der Waals surface area contributed by atoms with Crippen molar-refractivity contribution in [1.29, 1.82) is 0 Å². The standard InChI is InChI=1S/C20H30N4O/c1-5-25-20-12-19(23(4)22-20)14-24-8-6-7-17(13-24)11-18-9-15(2)21-16(3)10-18/h9-10,12,17H,5-8,11,13-14H2,1-4H3/t17-/m1/s1. The first-order chi connectivity index (χ1) is 12.0. The minimum Gasteiger partial charge on any atom is -0.477 e. The Kier molecular flexibility index (Phi) is 5.74. The molecule has 0 radical (unpaired) electrons. The molecule has 1 aliphatic rings. The summed E-state index contributed by atoms with van der Waals surface area (Å²) in [5.74, 6) is 1.45. The second-order valence-corrected chi connectivity index (χ2v) is 7.24. The largest absolute Gasteiger partial charge is 0.477 e. The molecule has 5 nitrogen and oxygen atoms in total. The third-order valence-electron chi connectivity index (χ3n) is 4.90. The average molecular weight is 342 g/mol. The van der Waals surface area contributed by atoms with Gasteiger partial charge in [0.05, 0.1) is 12.3 Å². The highest BCUT2D eigenvalue weighted by Gasteiger charge is 2.21. The molecule has 25 heavy (non-hydrogen) atoms. The summed E-state index contributed by atoms with van der Waals surface area (Å²) in [7, 11) is 2.00. The second kappa shape index (κ2) is 8.00. The van der Waals surface area contributed by atoms with Gasteiger partial charge in [-0.05, 0) is 70.2 Å².